The molecule has 0 radical (unpaired) electrons. The van der Waals surface area contributed by atoms with E-state index in [-0.39, 0.29) is 65.7 Å². The van der Waals surface area contributed by atoms with Crippen LogP contribution < -0.4 is 10.1 Å². The molecule has 4 saturated carbocycles. The van der Waals surface area contributed by atoms with Crippen LogP contribution in [-0.4, -0.2) is 46.8 Å². The summed E-state index contributed by atoms with van der Waals surface area (Å²) in [5, 5.41) is 11.0. The van der Waals surface area contributed by atoms with Gasteiger partial charge in [0.15, 0.2) is 6.61 Å². The van der Waals surface area contributed by atoms with E-state index < -0.39 is 18.3 Å². The van der Waals surface area contributed by atoms with E-state index in [0.717, 1.165) is 6.07 Å². The first-order chi connectivity index (χ1) is 16.0. The number of halogens is 5. The van der Waals surface area contributed by atoms with E-state index in [1.807, 2.05) is 0 Å². The van der Waals surface area contributed by atoms with Gasteiger partial charge in [-0.05, 0) is 31.4 Å². The molecule has 4 fully saturated rings. The number of alkyl halides is 3. The number of nitrogens with one attached hydrogen (secondary N) is 1. The second kappa shape index (κ2) is 8.35. The maximum atomic E-state index is 13.4. The maximum absolute atomic E-state index is 13.4. The summed E-state index contributed by atoms with van der Waals surface area (Å²) in [6.07, 6.45) is -3.63. The fourth-order valence-electron chi connectivity index (χ4n) is 4.85. The number of nitrogens with zero attached hydrogens (tertiary/aromatic N) is 2. The van der Waals surface area contributed by atoms with Gasteiger partial charge in [0.1, 0.15) is 18.2 Å². The van der Waals surface area contributed by atoms with Gasteiger partial charge in [0.05, 0.1) is 22.6 Å². The molecule has 6 rings (SSSR count). The van der Waals surface area contributed by atoms with E-state index in [1.54, 1.807) is 0 Å². The van der Waals surface area contributed by atoms with Crippen molar-refractivity contribution in [3.8, 4) is 5.75 Å². The summed E-state index contributed by atoms with van der Waals surface area (Å²) in [7, 11) is 0. The minimum absolute atomic E-state index is 0.0109. The summed E-state index contributed by atoms with van der Waals surface area (Å²) >= 11 is 5.62. The Morgan fingerprint density at radius 3 is 2.62 bits per heavy atom. The molecule has 4 aliphatic carbocycles. The van der Waals surface area contributed by atoms with Gasteiger partial charge in [-0.1, -0.05) is 11.6 Å². The molecule has 1 N–H and O–H groups in total. The lowest BCUT2D eigenvalue weighted by Gasteiger charge is -2.68. The first kappa shape index (κ1) is 23.3. The van der Waals surface area contributed by atoms with Gasteiger partial charge in [-0.25, -0.2) is 4.39 Å². The van der Waals surface area contributed by atoms with E-state index in [0.29, 0.717) is 25.2 Å². The zero-order valence-corrected chi connectivity index (χ0v) is 18.4. The number of amides is 1. The minimum atomic E-state index is -4.64. The summed E-state index contributed by atoms with van der Waals surface area (Å²) in [5.41, 5.74) is -0.642. The van der Waals surface area contributed by atoms with Crippen LogP contribution in [0.5, 0.6) is 5.75 Å². The third kappa shape index (κ3) is 4.71. The van der Waals surface area contributed by atoms with Gasteiger partial charge in [0, 0.05) is 24.4 Å². The molecular weight excluding hydrogens is 486 g/mol. The average molecular weight is 506 g/mol. The summed E-state index contributed by atoms with van der Waals surface area (Å²) in [5.74, 6) is -0.0326. The van der Waals surface area contributed by atoms with Crippen molar-refractivity contribution in [2.24, 2.45) is 0 Å². The molecule has 0 spiro atoms. The molecule has 0 atom stereocenters. The lowest BCUT2D eigenvalue weighted by molar-refractivity contribution is -0.357. The molecule has 1 aromatic carbocycles. The minimum Gasteiger partial charge on any atom is -0.484 e. The van der Waals surface area contributed by atoms with Gasteiger partial charge >= 0.3 is 6.36 Å². The molecule has 2 bridgehead atoms. The average Bonchev–Trinajstić information content (AvgIpc) is 3.14. The standard InChI is InChI=1S/C21H20ClF4N3O5/c22-14-2-1-11(5-15(14)23)31-6-16(30)27-20-8-19(9-20,10-20)18-29-28-17(33-18)7-32-12-3-13(4-12)34-21(24,25)26/h1-2,5,12-13H,3-4,6-10H2,(H,27,30)/t12-,13+,19?,20?. The second-order valence-electron chi connectivity index (χ2n) is 9.09. The summed E-state index contributed by atoms with van der Waals surface area (Å²) < 4.78 is 70.3. The zero-order valence-electron chi connectivity index (χ0n) is 17.7. The van der Waals surface area contributed by atoms with Crippen LogP contribution >= 0.6 is 11.6 Å². The number of rotatable bonds is 9. The lowest BCUT2D eigenvalue weighted by Crippen LogP contribution is -2.77. The van der Waals surface area contributed by atoms with Gasteiger partial charge in [0.25, 0.3) is 5.91 Å². The number of ether oxygens (including phenoxy) is 3. The van der Waals surface area contributed by atoms with Crippen molar-refractivity contribution < 1.29 is 41.0 Å². The highest BCUT2D eigenvalue weighted by Crippen LogP contribution is 2.67. The predicted molar refractivity (Wildman–Crippen MR) is 106 cm³/mol. The van der Waals surface area contributed by atoms with E-state index >= 15 is 0 Å². The Morgan fingerprint density at radius 1 is 1.21 bits per heavy atom. The first-order valence-corrected chi connectivity index (χ1v) is 11.0. The molecule has 184 valence electrons. The van der Waals surface area contributed by atoms with E-state index in [9.17, 15) is 22.4 Å². The van der Waals surface area contributed by atoms with Crippen LogP contribution in [0.15, 0.2) is 22.6 Å². The van der Waals surface area contributed by atoms with Crippen molar-refractivity contribution in [1.29, 1.82) is 0 Å². The molecule has 13 heteroatoms. The summed E-state index contributed by atoms with van der Waals surface area (Å²) in [6.45, 7) is -0.245. The Morgan fingerprint density at radius 2 is 1.94 bits per heavy atom. The number of benzene rings is 1. The predicted octanol–water partition coefficient (Wildman–Crippen LogP) is 3.82. The fraction of sp³-hybridized carbons (Fsp3) is 0.571. The normalized spacial score (nSPS) is 29.6. The molecule has 0 unspecified atom stereocenters. The van der Waals surface area contributed by atoms with Gasteiger partial charge in [-0.15, -0.1) is 23.4 Å². The van der Waals surface area contributed by atoms with Crippen molar-refractivity contribution in [1.82, 2.24) is 15.5 Å². The summed E-state index contributed by atoms with van der Waals surface area (Å²) in [4.78, 5) is 12.2. The summed E-state index contributed by atoms with van der Waals surface area (Å²) in [6, 6.07) is 3.94. The number of hydrogen-bond donors (Lipinski definition) is 1. The van der Waals surface area contributed by atoms with Crippen molar-refractivity contribution >= 4 is 17.5 Å². The molecule has 1 heterocycles. The van der Waals surface area contributed by atoms with E-state index in [2.05, 4.69) is 20.3 Å². The van der Waals surface area contributed by atoms with Crippen molar-refractivity contribution in [2.75, 3.05) is 6.61 Å². The largest absolute Gasteiger partial charge is 0.522 e. The van der Waals surface area contributed by atoms with Crippen LogP contribution in [-0.2, 0) is 26.3 Å². The van der Waals surface area contributed by atoms with Gasteiger partial charge in [-0.3, -0.25) is 9.53 Å². The molecule has 0 aliphatic heterocycles. The molecular formula is C21H20ClF4N3O5. The quantitative estimate of drug-likeness (QED) is 0.518. The van der Waals surface area contributed by atoms with Crippen LogP contribution in [0.1, 0.15) is 43.9 Å². The third-order valence-electron chi connectivity index (χ3n) is 6.41. The highest BCUT2D eigenvalue weighted by atomic mass is 35.5. The van der Waals surface area contributed by atoms with Crippen LogP contribution in [0.25, 0.3) is 0 Å². The second-order valence-corrected chi connectivity index (χ2v) is 9.50. The van der Waals surface area contributed by atoms with Gasteiger partial charge in [-0.2, -0.15) is 0 Å². The Balaban J connectivity index is 1.03. The highest BCUT2D eigenvalue weighted by Gasteiger charge is 2.71. The maximum Gasteiger partial charge on any atom is 0.522 e. The number of carbonyl (C=O) groups excluding carboxylic acids is 1. The van der Waals surface area contributed by atoms with Crippen molar-refractivity contribution in [2.45, 2.75) is 68.2 Å². The third-order valence-corrected chi connectivity index (χ3v) is 6.72. The Hall–Kier alpha value is -2.44. The van der Waals surface area contributed by atoms with Crippen LogP contribution in [0, 0.1) is 5.82 Å². The number of hydrogen-bond acceptors (Lipinski definition) is 7. The molecule has 2 aromatic rings. The molecule has 0 saturated heterocycles. The van der Waals surface area contributed by atoms with Crippen LogP contribution in [0.4, 0.5) is 17.6 Å². The first-order valence-electron chi connectivity index (χ1n) is 10.6. The molecule has 1 aromatic heterocycles. The number of carbonyl (C=O) groups is 1. The number of aromatic nitrogens is 2. The smallest absolute Gasteiger partial charge is 0.484 e. The molecule has 4 aliphatic rings. The van der Waals surface area contributed by atoms with E-state index in [1.165, 1.54) is 12.1 Å². The van der Waals surface area contributed by atoms with Crippen LogP contribution in [0.3, 0.4) is 0 Å². The fourth-order valence-corrected chi connectivity index (χ4v) is 4.97. The topological polar surface area (TPSA) is 95.7 Å². The van der Waals surface area contributed by atoms with Crippen molar-refractivity contribution in [3.63, 3.8) is 0 Å². The molecule has 8 nitrogen and oxygen atoms in total. The Kier molecular flexibility index (Phi) is 5.72. The Labute approximate surface area is 195 Å². The highest BCUT2D eigenvalue weighted by molar-refractivity contribution is 6.30. The van der Waals surface area contributed by atoms with E-state index in [4.69, 9.17) is 25.5 Å². The molecule has 1 amide bonds. The van der Waals surface area contributed by atoms with Crippen molar-refractivity contribution in [3.05, 3.63) is 40.8 Å². The SMILES string of the molecule is O=C(COc1ccc(Cl)c(F)c1)NC12CC(c3nnc(CO[C@H]4C[C@@H](OC(F)(F)F)C4)o3)(C1)C2. The molecule has 34 heavy (non-hydrogen) atoms. The van der Waals surface area contributed by atoms with Crippen LogP contribution in [0.2, 0.25) is 5.02 Å². The zero-order chi connectivity index (χ0) is 24.1. The Bertz CT molecular complexity index is 1070. The monoisotopic (exact) mass is 505 g/mol. The lowest BCUT2D eigenvalue weighted by atomic mass is 9.39. The van der Waals surface area contributed by atoms with Gasteiger partial charge in [0.2, 0.25) is 11.8 Å². The van der Waals surface area contributed by atoms with Gasteiger partial charge < -0.3 is 19.2 Å².